The summed E-state index contributed by atoms with van der Waals surface area (Å²) in [6.45, 7) is 6.79. The maximum atomic E-state index is 12.1. The normalized spacial score (nSPS) is 13.1. The molecule has 1 rings (SSSR count). The highest BCUT2D eigenvalue weighted by molar-refractivity contribution is 5.94. The molecule has 0 radical (unpaired) electrons. The Bertz CT molecular complexity index is 455. The Balaban J connectivity index is 2.92. The smallest absolute Gasteiger partial charge is 0.251 e. The van der Waals surface area contributed by atoms with E-state index in [0.29, 0.717) is 5.56 Å². The van der Waals surface area contributed by atoms with Gasteiger partial charge in [-0.1, -0.05) is 32.0 Å². The van der Waals surface area contributed by atoms with Gasteiger partial charge in [0.05, 0.1) is 0 Å². The van der Waals surface area contributed by atoms with Crippen molar-refractivity contribution in [3.63, 3.8) is 0 Å². The fraction of sp³-hybridized carbons (Fsp3) is 0.500. The third-order valence-corrected chi connectivity index (χ3v) is 3.22. The van der Waals surface area contributed by atoms with Crippen LogP contribution in [-0.4, -0.2) is 22.4 Å². The van der Waals surface area contributed by atoms with Crippen molar-refractivity contribution < 1.29 is 9.72 Å². The molecule has 1 aromatic carbocycles. The van der Waals surface area contributed by atoms with Crippen molar-refractivity contribution >= 4 is 5.91 Å². The fourth-order valence-corrected chi connectivity index (χ4v) is 2.09. The zero-order valence-corrected chi connectivity index (χ0v) is 11.7. The molecule has 1 amide bonds. The summed E-state index contributed by atoms with van der Waals surface area (Å²) >= 11 is 0. The lowest BCUT2D eigenvalue weighted by molar-refractivity contribution is -0.566. The van der Waals surface area contributed by atoms with Gasteiger partial charge < -0.3 is 5.32 Å². The van der Waals surface area contributed by atoms with Crippen LogP contribution >= 0.6 is 0 Å². The van der Waals surface area contributed by atoms with E-state index in [0.717, 1.165) is 0 Å². The minimum atomic E-state index is -1.21. The van der Waals surface area contributed by atoms with Crippen molar-refractivity contribution in [1.29, 1.82) is 0 Å². The summed E-state index contributed by atoms with van der Waals surface area (Å²) in [6, 6.07) is 8.18. The van der Waals surface area contributed by atoms with Crippen LogP contribution < -0.4 is 5.32 Å². The summed E-state index contributed by atoms with van der Waals surface area (Å²) in [4.78, 5) is 22.9. The maximum Gasteiger partial charge on any atom is 0.251 e. The number of nitrogens with zero attached hydrogens (tertiary/aromatic N) is 1. The van der Waals surface area contributed by atoms with Crippen LogP contribution in [0, 0.1) is 16.0 Å². The number of benzene rings is 1. The molecule has 1 unspecified atom stereocenters. The summed E-state index contributed by atoms with van der Waals surface area (Å²) in [5.74, 6) is -0.317. The minimum absolute atomic E-state index is 0.0342. The summed E-state index contributed by atoms with van der Waals surface area (Å²) in [5.41, 5.74) is -0.703. The van der Waals surface area contributed by atoms with Crippen molar-refractivity contribution in [1.82, 2.24) is 5.32 Å². The van der Waals surface area contributed by atoms with Gasteiger partial charge in [0, 0.05) is 24.3 Å². The third-order valence-electron chi connectivity index (χ3n) is 3.22. The van der Waals surface area contributed by atoms with Crippen LogP contribution in [0.1, 0.15) is 38.1 Å². The molecule has 0 aliphatic carbocycles. The molecule has 0 heterocycles. The van der Waals surface area contributed by atoms with Gasteiger partial charge in [0.1, 0.15) is 6.04 Å². The van der Waals surface area contributed by atoms with Crippen molar-refractivity contribution in [2.75, 3.05) is 0 Å². The van der Waals surface area contributed by atoms with Gasteiger partial charge in [0.25, 0.3) is 5.91 Å². The van der Waals surface area contributed by atoms with Crippen molar-refractivity contribution in [3.8, 4) is 0 Å². The number of carbonyl (C=O) groups excluding carboxylic acids is 1. The standard InChI is InChI=1S/C14H20N2O3/c1-10(2)12(14(3,4)16(18)19)15-13(17)11-8-6-5-7-9-11/h5-10,12H,1-4H3,(H,15,17). The number of nitrogens with one attached hydrogen (secondary N) is 1. The molecule has 0 saturated carbocycles. The Morgan fingerprint density at radius 3 is 2.21 bits per heavy atom. The topological polar surface area (TPSA) is 72.2 Å². The first kappa shape index (κ1) is 15.1. The van der Waals surface area contributed by atoms with Crippen molar-refractivity contribution in [3.05, 3.63) is 46.0 Å². The van der Waals surface area contributed by atoms with E-state index in [2.05, 4.69) is 5.32 Å². The van der Waals surface area contributed by atoms with Crippen LogP contribution in [-0.2, 0) is 0 Å². The van der Waals surface area contributed by atoms with Crippen LogP contribution in [0.3, 0.4) is 0 Å². The summed E-state index contributed by atoms with van der Waals surface area (Å²) < 4.78 is 0. The molecule has 1 aromatic rings. The molecule has 0 spiro atoms. The lowest BCUT2D eigenvalue weighted by atomic mass is 9.86. The summed E-state index contributed by atoms with van der Waals surface area (Å²) in [5, 5.41) is 13.9. The van der Waals surface area contributed by atoms with Crippen molar-refractivity contribution in [2.24, 2.45) is 5.92 Å². The zero-order valence-electron chi connectivity index (χ0n) is 11.7. The van der Waals surface area contributed by atoms with Gasteiger partial charge in [0.15, 0.2) is 0 Å². The molecule has 5 heteroatoms. The van der Waals surface area contributed by atoms with E-state index in [4.69, 9.17) is 0 Å². The highest BCUT2D eigenvalue weighted by Gasteiger charge is 2.43. The Hall–Kier alpha value is -1.91. The van der Waals surface area contributed by atoms with Gasteiger partial charge in [-0.2, -0.15) is 0 Å². The number of carbonyl (C=O) groups is 1. The second-order valence-corrected chi connectivity index (χ2v) is 5.47. The number of nitro groups is 1. The number of amides is 1. The lowest BCUT2D eigenvalue weighted by Crippen LogP contribution is -2.56. The first-order valence-electron chi connectivity index (χ1n) is 6.27. The zero-order chi connectivity index (χ0) is 14.6. The quantitative estimate of drug-likeness (QED) is 0.656. The van der Waals surface area contributed by atoms with Gasteiger partial charge in [-0.05, 0) is 18.1 Å². The van der Waals surface area contributed by atoms with Crippen LogP contribution in [0.2, 0.25) is 0 Å². The van der Waals surface area contributed by atoms with Crippen molar-refractivity contribution in [2.45, 2.75) is 39.3 Å². The van der Waals surface area contributed by atoms with E-state index in [1.165, 1.54) is 13.8 Å². The average Bonchev–Trinajstić information content (AvgIpc) is 2.35. The van der Waals surface area contributed by atoms with Gasteiger partial charge in [-0.3, -0.25) is 14.9 Å². The lowest BCUT2D eigenvalue weighted by Gasteiger charge is -2.30. The molecule has 19 heavy (non-hydrogen) atoms. The Kier molecular flexibility index (Phi) is 4.64. The molecular formula is C14H20N2O3. The number of hydrogen-bond acceptors (Lipinski definition) is 3. The molecule has 1 atom stereocenters. The summed E-state index contributed by atoms with van der Waals surface area (Å²) in [7, 11) is 0. The first-order valence-corrected chi connectivity index (χ1v) is 6.27. The fourth-order valence-electron chi connectivity index (χ4n) is 2.09. The van der Waals surface area contributed by atoms with E-state index in [-0.39, 0.29) is 16.7 Å². The third kappa shape index (κ3) is 3.53. The molecule has 5 nitrogen and oxygen atoms in total. The molecular weight excluding hydrogens is 244 g/mol. The number of hydrogen-bond donors (Lipinski definition) is 1. The van der Waals surface area contributed by atoms with E-state index in [1.807, 2.05) is 19.9 Å². The monoisotopic (exact) mass is 264 g/mol. The van der Waals surface area contributed by atoms with E-state index < -0.39 is 11.6 Å². The molecule has 0 bridgehead atoms. The van der Waals surface area contributed by atoms with Gasteiger partial charge in [0.2, 0.25) is 5.54 Å². The summed E-state index contributed by atoms with van der Waals surface area (Å²) in [6.07, 6.45) is 0. The minimum Gasteiger partial charge on any atom is -0.342 e. The van der Waals surface area contributed by atoms with Crippen LogP contribution in [0.15, 0.2) is 30.3 Å². The highest BCUT2D eigenvalue weighted by Crippen LogP contribution is 2.21. The maximum absolute atomic E-state index is 12.1. The Morgan fingerprint density at radius 2 is 1.79 bits per heavy atom. The van der Waals surface area contributed by atoms with Gasteiger partial charge in [-0.25, -0.2) is 0 Å². The molecule has 104 valence electrons. The number of rotatable bonds is 5. The molecule has 0 fully saturated rings. The molecule has 0 aromatic heterocycles. The van der Waals surface area contributed by atoms with Crippen LogP contribution in [0.5, 0.6) is 0 Å². The largest absolute Gasteiger partial charge is 0.342 e. The average molecular weight is 264 g/mol. The van der Waals surface area contributed by atoms with Crippen LogP contribution in [0.25, 0.3) is 0 Å². The van der Waals surface area contributed by atoms with E-state index in [1.54, 1.807) is 24.3 Å². The Labute approximate surface area is 113 Å². The molecule has 0 aliphatic heterocycles. The van der Waals surface area contributed by atoms with E-state index in [9.17, 15) is 14.9 Å². The second kappa shape index (κ2) is 5.82. The highest BCUT2D eigenvalue weighted by atomic mass is 16.6. The second-order valence-electron chi connectivity index (χ2n) is 5.47. The Morgan fingerprint density at radius 1 is 1.26 bits per heavy atom. The van der Waals surface area contributed by atoms with E-state index >= 15 is 0 Å². The van der Waals surface area contributed by atoms with Gasteiger partial charge >= 0.3 is 0 Å². The molecule has 0 saturated heterocycles. The SMILES string of the molecule is CC(C)C(NC(=O)c1ccccc1)C(C)(C)[N+](=O)[O-]. The van der Waals surface area contributed by atoms with Gasteiger partial charge in [-0.15, -0.1) is 0 Å². The predicted octanol–water partition coefficient (Wildman–Crippen LogP) is 2.50. The van der Waals surface area contributed by atoms with Crippen LogP contribution in [0.4, 0.5) is 0 Å². The first-order chi connectivity index (χ1) is 8.76. The molecule has 1 N–H and O–H groups in total. The predicted molar refractivity (Wildman–Crippen MR) is 73.6 cm³/mol. The molecule has 0 aliphatic rings.